The molecule has 9 nitrogen and oxygen atoms in total. The molecule has 0 spiro atoms. The number of hydrogen-bond acceptors (Lipinski definition) is 7. The highest BCUT2D eigenvalue weighted by atomic mass is 17.1. The summed E-state index contributed by atoms with van der Waals surface area (Å²) in [5.41, 5.74) is 0.0652. The maximum Gasteiger partial charge on any atom is 0.317 e. The minimum Gasteiger partial charge on any atom is -0.480 e. The molecule has 0 aromatic rings. The molecular formula is C17H35N3O6. The van der Waals surface area contributed by atoms with Crippen molar-refractivity contribution in [3.63, 3.8) is 0 Å². The highest BCUT2D eigenvalue weighted by Crippen LogP contribution is 2.15. The number of aliphatic carboxylic acids is 2. The van der Waals surface area contributed by atoms with E-state index in [9.17, 15) is 9.59 Å². The molecule has 0 aliphatic carbocycles. The van der Waals surface area contributed by atoms with Crippen LogP contribution < -0.4 is 0 Å². The summed E-state index contributed by atoms with van der Waals surface area (Å²) in [6.45, 7) is 12.6. The molecule has 0 amide bonds. The first-order chi connectivity index (χ1) is 12.1. The molecule has 0 aliphatic rings. The van der Waals surface area contributed by atoms with Crippen molar-refractivity contribution in [2.45, 2.75) is 27.7 Å². The molecule has 0 bridgehead atoms. The molecule has 0 rings (SSSR count). The standard InChI is InChI=1S/C17H35N3O6/c1-5-18(12-15(21)22)6-8-20(14-17(2,3)4)9-7-19(10-11-26-25)13-16(23)24/h25H,5-14H2,1-4H3,(H,21,22)(H,23,24). The third-order valence-corrected chi connectivity index (χ3v) is 3.83. The summed E-state index contributed by atoms with van der Waals surface area (Å²) in [6, 6.07) is 0. The summed E-state index contributed by atoms with van der Waals surface area (Å²) in [4.78, 5) is 31.8. The average molecular weight is 377 g/mol. The Labute approximate surface area is 156 Å². The van der Waals surface area contributed by atoms with E-state index in [-0.39, 0.29) is 25.1 Å². The van der Waals surface area contributed by atoms with Crippen LogP contribution in [0.5, 0.6) is 0 Å². The number of carboxylic acids is 2. The van der Waals surface area contributed by atoms with Crippen LogP contribution in [0.2, 0.25) is 0 Å². The van der Waals surface area contributed by atoms with Gasteiger partial charge in [-0.15, -0.1) is 0 Å². The van der Waals surface area contributed by atoms with Crippen LogP contribution in [-0.4, -0.2) is 108 Å². The van der Waals surface area contributed by atoms with Gasteiger partial charge in [0.2, 0.25) is 0 Å². The maximum atomic E-state index is 11.0. The SMILES string of the molecule is CCN(CCN(CCN(CCOO)CC(=O)O)CC(C)(C)C)CC(=O)O. The molecule has 0 unspecified atom stereocenters. The first-order valence-corrected chi connectivity index (χ1v) is 8.94. The monoisotopic (exact) mass is 377 g/mol. The molecule has 0 fully saturated rings. The van der Waals surface area contributed by atoms with Gasteiger partial charge in [-0.25, -0.2) is 4.89 Å². The molecule has 0 aromatic heterocycles. The van der Waals surface area contributed by atoms with Crippen LogP contribution in [0.15, 0.2) is 0 Å². The summed E-state index contributed by atoms with van der Waals surface area (Å²) < 4.78 is 0. The lowest BCUT2D eigenvalue weighted by atomic mass is 9.96. The fraction of sp³-hybridized carbons (Fsp3) is 0.882. The maximum absolute atomic E-state index is 11.0. The highest BCUT2D eigenvalue weighted by Gasteiger charge is 2.19. The van der Waals surface area contributed by atoms with E-state index >= 15 is 0 Å². The molecular weight excluding hydrogens is 342 g/mol. The fourth-order valence-corrected chi connectivity index (χ4v) is 2.68. The van der Waals surface area contributed by atoms with E-state index in [1.807, 2.05) is 11.8 Å². The number of hydrogen-bond donors (Lipinski definition) is 3. The number of likely N-dealkylation sites (N-methyl/N-ethyl adjacent to an activating group) is 1. The summed E-state index contributed by atoms with van der Waals surface area (Å²) in [6.07, 6.45) is 0. The molecule has 0 saturated carbocycles. The normalized spacial score (nSPS) is 12.3. The van der Waals surface area contributed by atoms with Crippen molar-refractivity contribution >= 4 is 11.9 Å². The first-order valence-electron chi connectivity index (χ1n) is 8.94. The van der Waals surface area contributed by atoms with Crippen LogP contribution in [0.25, 0.3) is 0 Å². The lowest BCUT2D eigenvalue weighted by molar-refractivity contribution is -0.244. The van der Waals surface area contributed by atoms with Gasteiger partial charge in [-0.3, -0.25) is 24.6 Å². The zero-order valence-corrected chi connectivity index (χ0v) is 16.5. The molecule has 154 valence electrons. The molecule has 0 aromatic carbocycles. The second-order valence-corrected chi connectivity index (χ2v) is 7.60. The Hall–Kier alpha value is -1.26. The second-order valence-electron chi connectivity index (χ2n) is 7.60. The zero-order valence-electron chi connectivity index (χ0n) is 16.5. The zero-order chi connectivity index (χ0) is 20.2. The van der Waals surface area contributed by atoms with Crippen molar-refractivity contribution in [2.75, 3.05) is 65.5 Å². The largest absolute Gasteiger partial charge is 0.480 e. The van der Waals surface area contributed by atoms with Gasteiger partial charge >= 0.3 is 11.9 Å². The Morgan fingerprint density at radius 3 is 1.73 bits per heavy atom. The van der Waals surface area contributed by atoms with E-state index in [0.717, 1.165) is 6.54 Å². The molecule has 9 heteroatoms. The van der Waals surface area contributed by atoms with Gasteiger partial charge < -0.3 is 15.1 Å². The molecule has 0 aliphatic heterocycles. The average Bonchev–Trinajstić information content (AvgIpc) is 2.51. The first kappa shape index (κ1) is 24.7. The van der Waals surface area contributed by atoms with Gasteiger partial charge in [-0.1, -0.05) is 27.7 Å². The molecule has 3 N–H and O–H groups in total. The Balaban J connectivity index is 4.73. The van der Waals surface area contributed by atoms with Gasteiger partial charge in [-0.2, -0.15) is 0 Å². The number of carboxylic acid groups (broad SMARTS) is 2. The Bertz CT molecular complexity index is 414. The number of nitrogens with zero attached hydrogens (tertiary/aromatic N) is 3. The van der Waals surface area contributed by atoms with E-state index < -0.39 is 11.9 Å². The van der Waals surface area contributed by atoms with Crippen molar-refractivity contribution < 1.29 is 29.9 Å². The van der Waals surface area contributed by atoms with E-state index in [2.05, 4.69) is 30.6 Å². The summed E-state index contributed by atoms with van der Waals surface area (Å²) in [5, 5.41) is 26.5. The van der Waals surface area contributed by atoms with Crippen LogP contribution in [0.4, 0.5) is 0 Å². The van der Waals surface area contributed by atoms with Crippen LogP contribution >= 0.6 is 0 Å². The van der Waals surface area contributed by atoms with E-state index in [1.165, 1.54) is 0 Å². The molecule has 0 atom stereocenters. The van der Waals surface area contributed by atoms with Gasteiger partial charge in [0.15, 0.2) is 0 Å². The smallest absolute Gasteiger partial charge is 0.317 e. The predicted molar refractivity (Wildman–Crippen MR) is 98.3 cm³/mol. The fourth-order valence-electron chi connectivity index (χ4n) is 2.68. The van der Waals surface area contributed by atoms with Crippen LogP contribution in [-0.2, 0) is 14.5 Å². The van der Waals surface area contributed by atoms with Crippen LogP contribution in [0, 0.1) is 5.41 Å². The molecule has 0 heterocycles. The number of rotatable bonds is 15. The van der Waals surface area contributed by atoms with E-state index in [1.54, 1.807) is 4.90 Å². The van der Waals surface area contributed by atoms with Gasteiger partial charge in [0, 0.05) is 39.3 Å². The third-order valence-electron chi connectivity index (χ3n) is 3.83. The van der Waals surface area contributed by atoms with Crippen molar-refractivity contribution in [1.29, 1.82) is 0 Å². The van der Waals surface area contributed by atoms with Crippen LogP contribution in [0.1, 0.15) is 27.7 Å². The third kappa shape index (κ3) is 14.0. The highest BCUT2D eigenvalue weighted by molar-refractivity contribution is 5.69. The van der Waals surface area contributed by atoms with Gasteiger partial charge in [0.25, 0.3) is 0 Å². The van der Waals surface area contributed by atoms with Crippen molar-refractivity contribution in [3.8, 4) is 0 Å². The van der Waals surface area contributed by atoms with E-state index in [0.29, 0.717) is 39.3 Å². The van der Waals surface area contributed by atoms with Gasteiger partial charge in [-0.05, 0) is 12.0 Å². The molecule has 0 radical (unpaired) electrons. The van der Waals surface area contributed by atoms with E-state index in [4.69, 9.17) is 15.5 Å². The summed E-state index contributed by atoms with van der Waals surface area (Å²) in [7, 11) is 0. The molecule has 0 saturated heterocycles. The second kappa shape index (κ2) is 13.0. The minimum absolute atomic E-state index is 0.0127. The molecule has 26 heavy (non-hydrogen) atoms. The van der Waals surface area contributed by atoms with Gasteiger partial charge in [0.1, 0.15) is 0 Å². The number of carbonyl (C=O) groups is 2. The van der Waals surface area contributed by atoms with Crippen molar-refractivity contribution in [2.24, 2.45) is 5.41 Å². The Morgan fingerprint density at radius 2 is 1.31 bits per heavy atom. The summed E-state index contributed by atoms with van der Waals surface area (Å²) >= 11 is 0. The Kier molecular flexibility index (Phi) is 12.4. The van der Waals surface area contributed by atoms with Crippen LogP contribution in [0.3, 0.4) is 0 Å². The topological polar surface area (TPSA) is 114 Å². The van der Waals surface area contributed by atoms with Gasteiger partial charge in [0.05, 0.1) is 19.7 Å². The lowest BCUT2D eigenvalue weighted by Gasteiger charge is -2.33. The minimum atomic E-state index is -0.927. The Morgan fingerprint density at radius 1 is 0.846 bits per heavy atom. The predicted octanol–water partition coefficient (Wildman–Crippen LogP) is 0.617. The van der Waals surface area contributed by atoms with Crippen molar-refractivity contribution in [3.05, 3.63) is 0 Å². The summed E-state index contributed by atoms with van der Waals surface area (Å²) in [5.74, 6) is -1.77. The van der Waals surface area contributed by atoms with Crippen molar-refractivity contribution in [1.82, 2.24) is 14.7 Å². The lowest BCUT2D eigenvalue weighted by Crippen LogP contribution is -2.45. The quantitative estimate of drug-likeness (QED) is 0.279.